The SMILES string of the molecule is Cc1nnc2n1C(C(C)N)CCC2. The number of aromatic nitrogens is 3. The molecule has 0 spiro atoms. The van der Waals surface area contributed by atoms with E-state index in [0.29, 0.717) is 6.04 Å². The Morgan fingerprint density at radius 3 is 3.00 bits per heavy atom. The Kier molecular flexibility index (Phi) is 2.07. The summed E-state index contributed by atoms with van der Waals surface area (Å²) in [6, 6.07) is 0.590. The second-order valence-electron chi connectivity index (χ2n) is 3.85. The number of nitrogens with zero attached hydrogens (tertiary/aromatic N) is 3. The van der Waals surface area contributed by atoms with Crippen LogP contribution in [0.15, 0.2) is 0 Å². The van der Waals surface area contributed by atoms with Crippen molar-refractivity contribution in [3.8, 4) is 0 Å². The van der Waals surface area contributed by atoms with Crippen LogP contribution >= 0.6 is 0 Å². The van der Waals surface area contributed by atoms with Crippen LogP contribution in [0.25, 0.3) is 0 Å². The second kappa shape index (κ2) is 3.10. The summed E-state index contributed by atoms with van der Waals surface area (Å²) in [5.41, 5.74) is 5.93. The smallest absolute Gasteiger partial charge is 0.133 e. The van der Waals surface area contributed by atoms with Crippen LogP contribution in [-0.4, -0.2) is 20.8 Å². The van der Waals surface area contributed by atoms with Crippen LogP contribution in [0.3, 0.4) is 0 Å². The molecule has 4 nitrogen and oxygen atoms in total. The predicted molar refractivity (Wildman–Crippen MR) is 50.4 cm³/mol. The van der Waals surface area contributed by atoms with Gasteiger partial charge in [0.2, 0.25) is 0 Å². The van der Waals surface area contributed by atoms with Gasteiger partial charge < -0.3 is 10.3 Å². The average Bonchev–Trinajstić information content (AvgIpc) is 2.48. The molecule has 13 heavy (non-hydrogen) atoms. The van der Waals surface area contributed by atoms with E-state index in [0.717, 1.165) is 24.5 Å². The first-order valence-corrected chi connectivity index (χ1v) is 4.86. The fraction of sp³-hybridized carbons (Fsp3) is 0.778. The average molecular weight is 180 g/mol. The summed E-state index contributed by atoms with van der Waals surface area (Å²) in [6.07, 6.45) is 3.39. The largest absolute Gasteiger partial charge is 0.326 e. The molecule has 0 fully saturated rings. The first-order chi connectivity index (χ1) is 6.20. The molecule has 2 N–H and O–H groups in total. The van der Waals surface area contributed by atoms with Gasteiger partial charge in [-0.1, -0.05) is 0 Å². The third-order valence-electron chi connectivity index (χ3n) is 2.78. The van der Waals surface area contributed by atoms with Gasteiger partial charge in [0.1, 0.15) is 11.6 Å². The lowest BCUT2D eigenvalue weighted by Gasteiger charge is -2.28. The minimum Gasteiger partial charge on any atom is -0.326 e. The van der Waals surface area contributed by atoms with Crippen LogP contribution in [0, 0.1) is 6.92 Å². The zero-order chi connectivity index (χ0) is 9.42. The molecule has 0 bridgehead atoms. The van der Waals surface area contributed by atoms with Crippen LogP contribution in [0.5, 0.6) is 0 Å². The van der Waals surface area contributed by atoms with Crippen LogP contribution in [-0.2, 0) is 6.42 Å². The van der Waals surface area contributed by atoms with E-state index >= 15 is 0 Å². The Labute approximate surface area is 78.1 Å². The Hall–Kier alpha value is -0.900. The van der Waals surface area contributed by atoms with E-state index in [1.54, 1.807) is 0 Å². The molecule has 0 aliphatic carbocycles. The first kappa shape index (κ1) is 8.69. The topological polar surface area (TPSA) is 56.7 Å². The van der Waals surface area contributed by atoms with E-state index in [-0.39, 0.29) is 6.04 Å². The van der Waals surface area contributed by atoms with E-state index in [1.165, 1.54) is 6.42 Å². The van der Waals surface area contributed by atoms with Gasteiger partial charge in [-0.25, -0.2) is 0 Å². The molecule has 0 saturated heterocycles. The maximum absolute atomic E-state index is 5.93. The summed E-state index contributed by atoms with van der Waals surface area (Å²) in [4.78, 5) is 0. The maximum Gasteiger partial charge on any atom is 0.133 e. The Morgan fingerprint density at radius 2 is 2.31 bits per heavy atom. The van der Waals surface area contributed by atoms with Gasteiger partial charge in [0.25, 0.3) is 0 Å². The van der Waals surface area contributed by atoms with Crippen molar-refractivity contribution < 1.29 is 0 Å². The Balaban J connectivity index is 2.40. The van der Waals surface area contributed by atoms with Crippen LogP contribution in [0.1, 0.15) is 37.5 Å². The zero-order valence-electron chi connectivity index (χ0n) is 8.20. The molecule has 72 valence electrons. The lowest BCUT2D eigenvalue weighted by atomic mass is 9.99. The summed E-state index contributed by atoms with van der Waals surface area (Å²) < 4.78 is 2.20. The van der Waals surface area contributed by atoms with E-state index in [4.69, 9.17) is 5.73 Å². The van der Waals surface area contributed by atoms with E-state index < -0.39 is 0 Å². The number of hydrogen-bond donors (Lipinski definition) is 1. The van der Waals surface area contributed by atoms with E-state index in [2.05, 4.69) is 21.7 Å². The molecule has 2 rings (SSSR count). The van der Waals surface area contributed by atoms with Crippen molar-refractivity contribution in [3.63, 3.8) is 0 Å². The van der Waals surface area contributed by atoms with Gasteiger partial charge in [0, 0.05) is 12.5 Å². The van der Waals surface area contributed by atoms with Crippen molar-refractivity contribution in [2.45, 2.75) is 45.2 Å². The van der Waals surface area contributed by atoms with Gasteiger partial charge in [-0.05, 0) is 26.7 Å². The summed E-state index contributed by atoms with van der Waals surface area (Å²) in [6.45, 7) is 4.05. The molecule has 0 saturated carbocycles. The highest BCUT2D eigenvalue weighted by atomic mass is 15.3. The fourth-order valence-corrected chi connectivity index (χ4v) is 2.11. The standard InChI is InChI=1S/C9H16N4/c1-6(10)8-4-3-5-9-12-11-7(2)13(8)9/h6,8H,3-5,10H2,1-2H3. The highest BCUT2D eigenvalue weighted by Gasteiger charge is 2.25. The molecule has 1 aliphatic heterocycles. The van der Waals surface area contributed by atoms with Crippen molar-refractivity contribution in [2.24, 2.45) is 5.73 Å². The summed E-state index contributed by atoms with van der Waals surface area (Å²) in [5, 5.41) is 8.23. The Morgan fingerprint density at radius 1 is 1.54 bits per heavy atom. The van der Waals surface area contributed by atoms with Crippen LogP contribution < -0.4 is 5.73 Å². The lowest BCUT2D eigenvalue weighted by Crippen LogP contribution is -2.33. The van der Waals surface area contributed by atoms with Gasteiger partial charge in [0.05, 0.1) is 6.04 Å². The zero-order valence-corrected chi connectivity index (χ0v) is 8.20. The van der Waals surface area contributed by atoms with Gasteiger partial charge in [-0.15, -0.1) is 10.2 Å². The minimum atomic E-state index is 0.189. The molecule has 0 radical (unpaired) electrons. The second-order valence-corrected chi connectivity index (χ2v) is 3.85. The summed E-state index contributed by atoms with van der Waals surface area (Å²) >= 11 is 0. The molecule has 2 unspecified atom stereocenters. The number of nitrogens with two attached hydrogens (primary N) is 1. The quantitative estimate of drug-likeness (QED) is 0.695. The van der Waals surface area contributed by atoms with Crippen molar-refractivity contribution in [1.29, 1.82) is 0 Å². The monoisotopic (exact) mass is 180 g/mol. The number of rotatable bonds is 1. The van der Waals surface area contributed by atoms with Crippen LogP contribution in [0.2, 0.25) is 0 Å². The lowest BCUT2D eigenvalue weighted by molar-refractivity contribution is 0.344. The third kappa shape index (κ3) is 1.35. The Bertz CT molecular complexity index is 303. The van der Waals surface area contributed by atoms with Gasteiger partial charge >= 0.3 is 0 Å². The molecule has 0 aromatic carbocycles. The molecule has 1 aromatic rings. The maximum atomic E-state index is 5.93. The highest BCUT2D eigenvalue weighted by Crippen LogP contribution is 2.26. The highest BCUT2D eigenvalue weighted by molar-refractivity contribution is 5.02. The van der Waals surface area contributed by atoms with E-state index in [1.807, 2.05) is 6.92 Å². The van der Waals surface area contributed by atoms with Crippen LogP contribution in [0.4, 0.5) is 0 Å². The van der Waals surface area contributed by atoms with Crippen molar-refractivity contribution in [1.82, 2.24) is 14.8 Å². The summed E-state index contributed by atoms with van der Waals surface area (Å²) in [7, 11) is 0. The van der Waals surface area contributed by atoms with Crippen molar-refractivity contribution in [3.05, 3.63) is 11.6 Å². The van der Waals surface area contributed by atoms with Gasteiger partial charge in [-0.2, -0.15) is 0 Å². The van der Waals surface area contributed by atoms with Crippen molar-refractivity contribution >= 4 is 0 Å². The fourth-order valence-electron chi connectivity index (χ4n) is 2.11. The number of fused-ring (bicyclic) bond motifs is 1. The molecule has 0 amide bonds. The molecule has 2 heterocycles. The summed E-state index contributed by atoms with van der Waals surface area (Å²) in [5.74, 6) is 2.10. The minimum absolute atomic E-state index is 0.189. The van der Waals surface area contributed by atoms with E-state index in [9.17, 15) is 0 Å². The third-order valence-corrected chi connectivity index (χ3v) is 2.78. The molecular weight excluding hydrogens is 164 g/mol. The van der Waals surface area contributed by atoms with Crippen molar-refractivity contribution in [2.75, 3.05) is 0 Å². The van der Waals surface area contributed by atoms with Gasteiger partial charge in [-0.3, -0.25) is 0 Å². The predicted octanol–water partition coefficient (Wildman–Crippen LogP) is 0.811. The molecule has 1 aromatic heterocycles. The molecule has 1 aliphatic rings. The molecular formula is C9H16N4. The number of hydrogen-bond acceptors (Lipinski definition) is 3. The van der Waals surface area contributed by atoms with Gasteiger partial charge in [0.15, 0.2) is 0 Å². The molecule has 4 heteroatoms. The number of aryl methyl sites for hydroxylation is 2. The first-order valence-electron chi connectivity index (χ1n) is 4.86. The normalized spacial score (nSPS) is 24.1. The molecule has 2 atom stereocenters.